The molecule has 6 nitrogen and oxygen atoms in total. The van der Waals surface area contributed by atoms with Crippen LogP contribution in [0.1, 0.15) is 30.3 Å². The molecule has 0 radical (unpaired) electrons. The van der Waals surface area contributed by atoms with Crippen molar-refractivity contribution in [3.05, 3.63) is 72.1 Å². The summed E-state index contributed by atoms with van der Waals surface area (Å²) in [6.45, 7) is 1.10. The van der Waals surface area contributed by atoms with Crippen LogP contribution in [-0.4, -0.2) is 32.2 Å². The van der Waals surface area contributed by atoms with E-state index in [9.17, 15) is 9.18 Å². The highest BCUT2D eigenvalue weighted by atomic mass is 19.1. The number of rotatable bonds is 4. The zero-order valence-corrected chi connectivity index (χ0v) is 14.2. The Bertz CT molecular complexity index is 872. The van der Waals surface area contributed by atoms with Crippen molar-refractivity contribution < 1.29 is 9.18 Å². The summed E-state index contributed by atoms with van der Waals surface area (Å²) in [6.07, 6.45) is 5.64. The van der Waals surface area contributed by atoms with E-state index in [1.165, 1.54) is 12.1 Å². The monoisotopic (exact) mass is 353 g/mol. The molecule has 0 aliphatic carbocycles. The van der Waals surface area contributed by atoms with Gasteiger partial charge in [-0.25, -0.2) is 13.9 Å². The zero-order chi connectivity index (χ0) is 17.9. The Balaban J connectivity index is 1.38. The number of H-pyrrole nitrogens is 1. The second-order valence-electron chi connectivity index (χ2n) is 6.36. The van der Waals surface area contributed by atoms with Crippen molar-refractivity contribution in [1.82, 2.24) is 25.0 Å². The van der Waals surface area contributed by atoms with E-state index in [1.54, 1.807) is 23.0 Å². The van der Waals surface area contributed by atoms with Crippen LogP contribution in [0, 0.1) is 5.82 Å². The maximum Gasteiger partial charge on any atom is 0.318 e. The molecule has 2 N–H and O–H groups in total. The minimum absolute atomic E-state index is 0.0848. The predicted molar refractivity (Wildman–Crippen MR) is 95.2 cm³/mol. The molecule has 134 valence electrons. The summed E-state index contributed by atoms with van der Waals surface area (Å²) in [5.74, 6) is -0.282. The molecule has 0 bridgehead atoms. The Morgan fingerprint density at radius 1 is 1.27 bits per heavy atom. The topological polar surface area (TPSA) is 66.0 Å². The average Bonchev–Trinajstić information content (AvgIpc) is 3.40. The number of halogens is 1. The first-order valence-electron chi connectivity index (χ1n) is 8.69. The fourth-order valence-electron chi connectivity index (χ4n) is 3.35. The fourth-order valence-corrected chi connectivity index (χ4v) is 3.35. The lowest BCUT2D eigenvalue weighted by atomic mass is 10.1. The van der Waals surface area contributed by atoms with Crippen molar-refractivity contribution in [2.75, 3.05) is 6.54 Å². The second kappa shape index (κ2) is 7.03. The van der Waals surface area contributed by atoms with Gasteiger partial charge in [-0.1, -0.05) is 0 Å². The third kappa shape index (κ3) is 3.33. The van der Waals surface area contributed by atoms with E-state index in [-0.39, 0.29) is 17.9 Å². The molecule has 7 heteroatoms. The van der Waals surface area contributed by atoms with Gasteiger partial charge in [0, 0.05) is 24.6 Å². The number of likely N-dealkylation sites (tertiary alicyclic amines) is 1. The normalized spacial score (nSPS) is 16.8. The van der Waals surface area contributed by atoms with Crippen LogP contribution in [0.25, 0.3) is 5.69 Å². The smallest absolute Gasteiger partial charge is 0.318 e. The van der Waals surface area contributed by atoms with E-state index in [0.29, 0.717) is 6.54 Å². The lowest BCUT2D eigenvalue weighted by molar-refractivity contribution is 0.191. The van der Waals surface area contributed by atoms with Gasteiger partial charge in [-0.2, -0.15) is 5.10 Å². The number of nitrogens with one attached hydrogen (secondary N) is 2. The summed E-state index contributed by atoms with van der Waals surface area (Å²) in [4.78, 5) is 17.6. The van der Waals surface area contributed by atoms with Gasteiger partial charge >= 0.3 is 6.03 Å². The molecule has 1 aliphatic rings. The van der Waals surface area contributed by atoms with Gasteiger partial charge in [-0.05, 0) is 55.3 Å². The summed E-state index contributed by atoms with van der Waals surface area (Å²) >= 11 is 0. The van der Waals surface area contributed by atoms with Crippen LogP contribution in [0.5, 0.6) is 0 Å². The zero-order valence-electron chi connectivity index (χ0n) is 14.2. The number of urea groups is 1. The number of nitrogens with zero attached hydrogens (tertiary/aromatic N) is 3. The Labute approximate surface area is 150 Å². The van der Waals surface area contributed by atoms with Crippen molar-refractivity contribution in [2.45, 2.75) is 25.4 Å². The number of amides is 2. The van der Waals surface area contributed by atoms with Crippen LogP contribution in [0.3, 0.4) is 0 Å². The first-order valence-corrected chi connectivity index (χ1v) is 8.69. The SMILES string of the molecule is O=C(NCc1ccn(-c2ccc(F)cc2)n1)N1CCCC1c1ccc[nH]1. The van der Waals surface area contributed by atoms with Gasteiger partial charge < -0.3 is 15.2 Å². The Morgan fingerprint density at radius 2 is 2.12 bits per heavy atom. The number of benzene rings is 1. The van der Waals surface area contributed by atoms with E-state index in [1.807, 2.05) is 29.3 Å². The van der Waals surface area contributed by atoms with Gasteiger partial charge in [0.1, 0.15) is 5.82 Å². The van der Waals surface area contributed by atoms with Gasteiger partial charge in [0.05, 0.1) is 24.0 Å². The van der Waals surface area contributed by atoms with Crippen LogP contribution in [0.4, 0.5) is 9.18 Å². The molecule has 26 heavy (non-hydrogen) atoms. The molecular formula is C19H20FN5O. The van der Waals surface area contributed by atoms with Crippen molar-refractivity contribution in [3.63, 3.8) is 0 Å². The molecule has 3 aromatic rings. The second-order valence-corrected chi connectivity index (χ2v) is 6.36. The van der Waals surface area contributed by atoms with E-state index in [4.69, 9.17) is 0 Å². The molecule has 0 spiro atoms. The molecule has 2 aromatic heterocycles. The van der Waals surface area contributed by atoms with E-state index in [2.05, 4.69) is 15.4 Å². The van der Waals surface area contributed by atoms with Gasteiger partial charge in [-0.3, -0.25) is 0 Å². The van der Waals surface area contributed by atoms with Gasteiger partial charge in [0.15, 0.2) is 0 Å². The highest BCUT2D eigenvalue weighted by Gasteiger charge is 2.30. The number of aromatic amines is 1. The molecule has 0 saturated carbocycles. The van der Waals surface area contributed by atoms with Crippen LogP contribution in [0.15, 0.2) is 54.9 Å². The molecule has 1 aromatic carbocycles. The lowest BCUT2D eigenvalue weighted by Crippen LogP contribution is -2.39. The maximum atomic E-state index is 13.0. The largest absolute Gasteiger partial charge is 0.363 e. The molecule has 2 amide bonds. The highest BCUT2D eigenvalue weighted by Crippen LogP contribution is 2.30. The molecular weight excluding hydrogens is 333 g/mol. The van der Waals surface area contributed by atoms with Crippen LogP contribution in [0.2, 0.25) is 0 Å². The Morgan fingerprint density at radius 3 is 2.88 bits per heavy atom. The van der Waals surface area contributed by atoms with Gasteiger partial charge in [-0.15, -0.1) is 0 Å². The fraction of sp³-hybridized carbons (Fsp3) is 0.263. The van der Waals surface area contributed by atoms with E-state index >= 15 is 0 Å². The van der Waals surface area contributed by atoms with Crippen molar-refractivity contribution in [3.8, 4) is 5.69 Å². The molecule has 4 rings (SSSR count). The number of carbonyl (C=O) groups is 1. The Kier molecular flexibility index (Phi) is 4.43. The van der Waals surface area contributed by atoms with Crippen LogP contribution in [-0.2, 0) is 6.54 Å². The predicted octanol–water partition coefficient (Wildman–Crippen LogP) is 3.39. The third-order valence-electron chi connectivity index (χ3n) is 4.65. The summed E-state index contributed by atoms with van der Waals surface area (Å²) in [5.41, 5.74) is 2.59. The van der Waals surface area contributed by atoms with Crippen molar-refractivity contribution in [2.24, 2.45) is 0 Å². The van der Waals surface area contributed by atoms with Gasteiger partial charge in [0.25, 0.3) is 0 Å². The summed E-state index contributed by atoms with van der Waals surface area (Å²) in [7, 11) is 0. The van der Waals surface area contributed by atoms with Crippen LogP contribution >= 0.6 is 0 Å². The molecule has 3 heterocycles. The number of aromatic nitrogens is 3. The van der Waals surface area contributed by atoms with Crippen molar-refractivity contribution >= 4 is 6.03 Å². The van der Waals surface area contributed by atoms with Crippen LogP contribution < -0.4 is 5.32 Å². The minimum Gasteiger partial charge on any atom is -0.363 e. The number of hydrogen-bond donors (Lipinski definition) is 2. The summed E-state index contributed by atoms with van der Waals surface area (Å²) in [5, 5.41) is 7.38. The minimum atomic E-state index is -0.282. The molecule has 1 aliphatic heterocycles. The summed E-state index contributed by atoms with van der Waals surface area (Å²) < 4.78 is 14.7. The van der Waals surface area contributed by atoms with Gasteiger partial charge in [0.2, 0.25) is 0 Å². The standard InChI is InChI=1S/C19H20FN5O/c20-14-5-7-16(8-6-14)25-12-9-15(23-25)13-22-19(26)24-11-2-4-18(24)17-3-1-10-21-17/h1,3,5-10,12,18,21H,2,4,11,13H2,(H,22,26). The molecule has 1 fully saturated rings. The first kappa shape index (κ1) is 16.4. The highest BCUT2D eigenvalue weighted by molar-refractivity contribution is 5.75. The molecule has 1 unspecified atom stereocenters. The molecule has 1 atom stereocenters. The van der Waals surface area contributed by atoms with Crippen molar-refractivity contribution in [1.29, 1.82) is 0 Å². The number of carbonyl (C=O) groups excluding carboxylic acids is 1. The third-order valence-corrected chi connectivity index (χ3v) is 4.65. The van der Waals surface area contributed by atoms with E-state index < -0.39 is 0 Å². The number of hydrogen-bond acceptors (Lipinski definition) is 2. The lowest BCUT2D eigenvalue weighted by Gasteiger charge is -2.24. The molecule has 1 saturated heterocycles. The first-order chi connectivity index (χ1) is 12.7. The quantitative estimate of drug-likeness (QED) is 0.755. The maximum absolute atomic E-state index is 13.0. The van der Waals surface area contributed by atoms with E-state index in [0.717, 1.165) is 36.5 Å². The average molecular weight is 353 g/mol. The Hall–Kier alpha value is -3.09. The summed E-state index contributed by atoms with van der Waals surface area (Å²) in [6, 6.07) is 11.9.